The topological polar surface area (TPSA) is 106 Å². The minimum absolute atomic E-state index is 0.115. The van der Waals surface area contributed by atoms with Crippen molar-refractivity contribution < 1.29 is 19.4 Å². The molecule has 1 atom stereocenters. The number of carboxylic acid groups (broad SMARTS) is 1. The number of carbonyl (C=O) groups is 2. The highest BCUT2D eigenvalue weighted by molar-refractivity contribution is 5.83. The second kappa shape index (κ2) is 8.09. The van der Waals surface area contributed by atoms with Crippen molar-refractivity contribution in [3.05, 3.63) is 41.7 Å². The molecule has 0 radical (unpaired) electrons. The van der Waals surface area contributed by atoms with Gasteiger partial charge in [0.2, 0.25) is 5.91 Å². The van der Waals surface area contributed by atoms with Gasteiger partial charge in [0.15, 0.2) is 0 Å². The van der Waals surface area contributed by atoms with Crippen LogP contribution in [0, 0.1) is 0 Å². The summed E-state index contributed by atoms with van der Waals surface area (Å²) in [5.74, 6) is -0.648. The molecule has 0 aliphatic rings. The highest BCUT2D eigenvalue weighted by Crippen LogP contribution is 2.22. The first kappa shape index (κ1) is 17.5. The molecular weight excluding hydrogens is 312 g/mol. The van der Waals surface area contributed by atoms with Crippen molar-refractivity contribution in [2.45, 2.75) is 32.4 Å². The number of amides is 1. The van der Waals surface area contributed by atoms with Crippen LogP contribution in [0.3, 0.4) is 0 Å². The molecule has 1 amide bonds. The summed E-state index contributed by atoms with van der Waals surface area (Å²) in [6, 6.07) is 7.39. The number of hydrogen-bond acceptors (Lipinski definition) is 5. The Hall–Kier alpha value is -2.90. The van der Waals surface area contributed by atoms with Crippen LogP contribution in [0.15, 0.2) is 30.5 Å². The van der Waals surface area contributed by atoms with E-state index < -0.39 is 5.97 Å². The molecule has 2 aromatic rings. The van der Waals surface area contributed by atoms with Crippen LogP contribution in [0.4, 0.5) is 0 Å². The number of benzene rings is 1. The van der Waals surface area contributed by atoms with E-state index in [0.29, 0.717) is 12.1 Å². The Kier molecular flexibility index (Phi) is 5.89. The average molecular weight is 332 g/mol. The molecule has 1 heterocycles. The molecule has 0 aliphatic heterocycles. The number of nitrogens with zero attached hydrogens (tertiary/aromatic N) is 3. The van der Waals surface area contributed by atoms with Crippen molar-refractivity contribution >= 4 is 11.9 Å². The molecular formula is C16H20N4O4. The first-order valence-electron chi connectivity index (χ1n) is 7.56. The smallest absolute Gasteiger partial charge is 0.325 e. The van der Waals surface area contributed by atoms with E-state index in [2.05, 4.69) is 15.6 Å². The van der Waals surface area contributed by atoms with Gasteiger partial charge in [-0.2, -0.15) is 0 Å². The van der Waals surface area contributed by atoms with Crippen molar-refractivity contribution in [1.29, 1.82) is 0 Å². The Morgan fingerprint density at radius 3 is 2.62 bits per heavy atom. The maximum Gasteiger partial charge on any atom is 0.325 e. The number of ether oxygens (including phenoxy) is 1. The fourth-order valence-electron chi connectivity index (χ4n) is 2.34. The number of hydrogen-bond donors (Lipinski definition) is 2. The van der Waals surface area contributed by atoms with Gasteiger partial charge in [-0.1, -0.05) is 24.3 Å². The Morgan fingerprint density at radius 1 is 1.33 bits per heavy atom. The molecule has 1 aromatic heterocycles. The lowest BCUT2D eigenvalue weighted by Gasteiger charge is -2.15. The molecule has 1 aromatic carbocycles. The van der Waals surface area contributed by atoms with Crippen molar-refractivity contribution in [3.63, 3.8) is 0 Å². The van der Waals surface area contributed by atoms with Crippen LogP contribution in [-0.4, -0.2) is 39.1 Å². The zero-order valence-electron chi connectivity index (χ0n) is 13.6. The quantitative estimate of drug-likeness (QED) is 0.752. The summed E-state index contributed by atoms with van der Waals surface area (Å²) >= 11 is 0. The van der Waals surface area contributed by atoms with Gasteiger partial charge in [-0.05, 0) is 24.1 Å². The Labute approximate surface area is 139 Å². The van der Waals surface area contributed by atoms with Gasteiger partial charge in [0, 0.05) is 0 Å². The Bertz CT molecular complexity index is 696. The summed E-state index contributed by atoms with van der Waals surface area (Å²) in [5.41, 5.74) is 1.42. The van der Waals surface area contributed by atoms with Crippen molar-refractivity contribution in [2.75, 3.05) is 7.11 Å². The van der Waals surface area contributed by atoms with Crippen LogP contribution in [0.25, 0.3) is 0 Å². The minimum atomic E-state index is -0.999. The molecule has 0 bridgehead atoms. The lowest BCUT2D eigenvalue weighted by Crippen LogP contribution is -2.28. The van der Waals surface area contributed by atoms with E-state index in [-0.39, 0.29) is 24.9 Å². The largest absolute Gasteiger partial charge is 0.497 e. The number of carbonyl (C=O) groups excluding carboxylic acids is 1. The second-order valence-electron chi connectivity index (χ2n) is 5.25. The molecule has 8 nitrogen and oxygen atoms in total. The van der Waals surface area contributed by atoms with Gasteiger partial charge < -0.3 is 15.2 Å². The standard InChI is InChI=1S/C16H20N4O4/c1-3-14(11-4-6-13(24-2)7-5-11)16(23)17-8-12-9-20(19-18-12)10-15(21)22/h4-7,9,14H,3,8,10H2,1-2H3,(H,17,23)(H,21,22). The predicted octanol–water partition coefficient (Wildman–Crippen LogP) is 1.18. The third-order valence-corrected chi connectivity index (χ3v) is 3.57. The third kappa shape index (κ3) is 4.55. The van der Waals surface area contributed by atoms with Gasteiger partial charge in [0.05, 0.1) is 25.8 Å². The Balaban J connectivity index is 1.96. The molecule has 2 N–H and O–H groups in total. The molecule has 1 unspecified atom stereocenters. The summed E-state index contributed by atoms with van der Waals surface area (Å²) < 4.78 is 6.33. The molecule has 0 spiro atoms. The van der Waals surface area contributed by atoms with Gasteiger partial charge in [-0.3, -0.25) is 9.59 Å². The van der Waals surface area contributed by atoms with E-state index in [4.69, 9.17) is 9.84 Å². The van der Waals surface area contributed by atoms with Gasteiger partial charge in [0.1, 0.15) is 18.0 Å². The van der Waals surface area contributed by atoms with Gasteiger partial charge >= 0.3 is 5.97 Å². The Morgan fingerprint density at radius 2 is 2.04 bits per heavy atom. The summed E-state index contributed by atoms with van der Waals surface area (Å²) in [7, 11) is 1.59. The number of methoxy groups -OCH3 is 1. The van der Waals surface area contributed by atoms with Gasteiger partial charge in [-0.15, -0.1) is 5.10 Å². The summed E-state index contributed by atoms with van der Waals surface area (Å²) in [4.78, 5) is 23.0. The van der Waals surface area contributed by atoms with Crippen LogP contribution >= 0.6 is 0 Å². The van der Waals surface area contributed by atoms with E-state index in [0.717, 1.165) is 11.3 Å². The van der Waals surface area contributed by atoms with E-state index in [1.165, 1.54) is 10.9 Å². The molecule has 2 rings (SSSR count). The van der Waals surface area contributed by atoms with Crippen molar-refractivity contribution in [1.82, 2.24) is 20.3 Å². The van der Waals surface area contributed by atoms with Crippen LogP contribution in [-0.2, 0) is 22.7 Å². The number of nitrogens with one attached hydrogen (secondary N) is 1. The maximum absolute atomic E-state index is 12.4. The lowest BCUT2D eigenvalue weighted by atomic mass is 9.95. The number of rotatable bonds is 8. The third-order valence-electron chi connectivity index (χ3n) is 3.57. The lowest BCUT2D eigenvalue weighted by molar-refractivity contribution is -0.138. The molecule has 24 heavy (non-hydrogen) atoms. The van der Waals surface area contributed by atoms with Crippen LogP contribution in [0.2, 0.25) is 0 Å². The van der Waals surface area contributed by atoms with Crippen LogP contribution < -0.4 is 10.1 Å². The fourth-order valence-corrected chi connectivity index (χ4v) is 2.34. The predicted molar refractivity (Wildman–Crippen MR) is 85.5 cm³/mol. The zero-order chi connectivity index (χ0) is 17.5. The zero-order valence-corrected chi connectivity index (χ0v) is 13.6. The molecule has 0 fully saturated rings. The molecule has 128 valence electrons. The van der Waals surface area contributed by atoms with Gasteiger partial charge in [-0.25, -0.2) is 4.68 Å². The average Bonchev–Trinajstić information content (AvgIpc) is 3.01. The fraction of sp³-hybridized carbons (Fsp3) is 0.375. The van der Waals surface area contributed by atoms with Crippen LogP contribution in [0.1, 0.15) is 30.5 Å². The van der Waals surface area contributed by atoms with E-state index in [1.54, 1.807) is 7.11 Å². The SMILES string of the molecule is CCC(C(=O)NCc1cn(CC(=O)O)nn1)c1ccc(OC)cc1. The highest BCUT2D eigenvalue weighted by atomic mass is 16.5. The first-order valence-corrected chi connectivity index (χ1v) is 7.56. The highest BCUT2D eigenvalue weighted by Gasteiger charge is 2.19. The molecule has 0 aliphatic carbocycles. The first-order chi connectivity index (χ1) is 11.5. The second-order valence-corrected chi connectivity index (χ2v) is 5.25. The van der Waals surface area contributed by atoms with E-state index >= 15 is 0 Å². The van der Waals surface area contributed by atoms with Gasteiger partial charge in [0.25, 0.3) is 0 Å². The molecule has 0 saturated heterocycles. The van der Waals surface area contributed by atoms with E-state index in [1.807, 2.05) is 31.2 Å². The minimum Gasteiger partial charge on any atom is -0.497 e. The van der Waals surface area contributed by atoms with E-state index in [9.17, 15) is 9.59 Å². The monoisotopic (exact) mass is 332 g/mol. The normalized spacial score (nSPS) is 11.8. The van der Waals surface area contributed by atoms with Crippen molar-refractivity contribution in [2.24, 2.45) is 0 Å². The number of aromatic nitrogens is 3. The molecule has 8 heteroatoms. The maximum atomic E-state index is 12.4. The molecule has 0 saturated carbocycles. The summed E-state index contributed by atoms with van der Waals surface area (Å²) in [6.45, 7) is 1.88. The van der Waals surface area contributed by atoms with Crippen LogP contribution in [0.5, 0.6) is 5.75 Å². The summed E-state index contributed by atoms with van der Waals surface area (Å²) in [6.07, 6.45) is 2.16. The number of carboxylic acids is 1. The summed E-state index contributed by atoms with van der Waals surface area (Å²) in [5, 5.41) is 19.0. The number of aliphatic carboxylic acids is 1. The van der Waals surface area contributed by atoms with Crippen molar-refractivity contribution in [3.8, 4) is 5.75 Å².